The predicted molar refractivity (Wildman–Crippen MR) is 72.9 cm³/mol. The molecule has 2 atom stereocenters. The largest absolute Gasteiger partial charge is 0.380 e. The molecule has 0 radical (unpaired) electrons. The number of likely N-dealkylation sites (tertiary alicyclic amines) is 1. The first-order valence-electron chi connectivity index (χ1n) is 6.86. The minimum Gasteiger partial charge on any atom is -0.380 e. The van der Waals surface area contributed by atoms with E-state index in [0.717, 1.165) is 37.3 Å². The van der Waals surface area contributed by atoms with E-state index in [1.807, 2.05) is 29.2 Å². The van der Waals surface area contributed by atoms with Crippen molar-refractivity contribution in [3.8, 4) is 0 Å². The highest BCUT2D eigenvalue weighted by Crippen LogP contribution is 2.27. The van der Waals surface area contributed by atoms with Crippen LogP contribution >= 0.6 is 0 Å². The summed E-state index contributed by atoms with van der Waals surface area (Å²) < 4.78 is 5.12. The number of benzene rings is 1. The fraction of sp³-hybridized carbons (Fsp3) is 0.533. The van der Waals surface area contributed by atoms with Crippen LogP contribution in [0.15, 0.2) is 24.3 Å². The Hall–Kier alpha value is -1.39. The molecule has 19 heavy (non-hydrogen) atoms. The molecule has 4 heteroatoms. The molecule has 102 valence electrons. The normalized spacial score (nSPS) is 25.6. The highest BCUT2D eigenvalue weighted by Gasteiger charge is 2.38. The van der Waals surface area contributed by atoms with Crippen LogP contribution in [0.5, 0.6) is 0 Å². The third-order valence-electron chi connectivity index (χ3n) is 4.16. The Morgan fingerprint density at radius 2 is 2.11 bits per heavy atom. The molecule has 2 saturated heterocycles. The number of nitrogens with zero attached hydrogens (tertiary/aromatic N) is 1. The molecule has 2 fully saturated rings. The average Bonchev–Trinajstić information content (AvgIpc) is 2.99. The Labute approximate surface area is 113 Å². The fourth-order valence-electron chi connectivity index (χ4n) is 3.16. The van der Waals surface area contributed by atoms with Crippen LogP contribution in [0.3, 0.4) is 0 Å². The summed E-state index contributed by atoms with van der Waals surface area (Å²) in [6.07, 6.45) is 0. The highest BCUT2D eigenvalue weighted by molar-refractivity contribution is 5.94. The SMILES string of the molecule is COCc1cccc(C(=O)N2C[C@H]3CNC[C@H]3C2)c1. The number of carbonyl (C=O) groups is 1. The summed E-state index contributed by atoms with van der Waals surface area (Å²) in [5.74, 6) is 1.45. The number of amides is 1. The summed E-state index contributed by atoms with van der Waals surface area (Å²) in [7, 11) is 1.67. The second-order valence-corrected chi connectivity index (χ2v) is 5.52. The molecule has 0 unspecified atom stereocenters. The van der Waals surface area contributed by atoms with Crippen molar-refractivity contribution in [3.05, 3.63) is 35.4 Å². The zero-order valence-corrected chi connectivity index (χ0v) is 11.3. The summed E-state index contributed by atoms with van der Waals surface area (Å²) in [6, 6.07) is 7.76. The van der Waals surface area contributed by atoms with Crippen LogP contribution in [0.4, 0.5) is 0 Å². The van der Waals surface area contributed by atoms with E-state index in [1.165, 1.54) is 0 Å². The van der Waals surface area contributed by atoms with Crippen LogP contribution < -0.4 is 5.32 Å². The maximum absolute atomic E-state index is 12.5. The van der Waals surface area contributed by atoms with E-state index in [-0.39, 0.29) is 5.91 Å². The average molecular weight is 260 g/mol. The number of fused-ring (bicyclic) bond motifs is 1. The third kappa shape index (κ3) is 2.51. The first kappa shape index (κ1) is 12.6. The molecule has 2 heterocycles. The molecule has 4 nitrogen and oxygen atoms in total. The lowest BCUT2D eigenvalue weighted by Gasteiger charge is -2.18. The number of ether oxygens (including phenoxy) is 1. The van der Waals surface area contributed by atoms with Gasteiger partial charge in [0.25, 0.3) is 5.91 Å². The quantitative estimate of drug-likeness (QED) is 0.885. The zero-order valence-electron chi connectivity index (χ0n) is 11.3. The van der Waals surface area contributed by atoms with Crippen molar-refractivity contribution in [1.29, 1.82) is 0 Å². The van der Waals surface area contributed by atoms with Crippen molar-refractivity contribution in [2.75, 3.05) is 33.3 Å². The highest BCUT2D eigenvalue weighted by atomic mass is 16.5. The van der Waals surface area contributed by atoms with Gasteiger partial charge < -0.3 is 15.0 Å². The molecule has 0 bridgehead atoms. The zero-order chi connectivity index (χ0) is 13.2. The van der Waals surface area contributed by atoms with Gasteiger partial charge in [0.2, 0.25) is 0 Å². The van der Waals surface area contributed by atoms with Crippen LogP contribution in [-0.4, -0.2) is 44.1 Å². The second kappa shape index (κ2) is 5.31. The molecule has 1 aromatic carbocycles. The fourth-order valence-corrected chi connectivity index (χ4v) is 3.16. The summed E-state index contributed by atoms with van der Waals surface area (Å²) >= 11 is 0. The van der Waals surface area contributed by atoms with E-state index in [9.17, 15) is 4.79 Å². The van der Waals surface area contributed by atoms with E-state index in [1.54, 1.807) is 7.11 Å². The minimum absolute atomic E-state index is 0.160. The number of methoxy groups -OCH3 is 1. The van der Waals surface area contributed by atoms with E-state index in [4.69, 9.17) is 4.74 Å². The summed E-state index contributed by atoms with van der Waals surface area (Å²) in [5, 5.41) is 3.39. The van der Waals surface area contributed by atoms with Gasteiger partial charge in [-0.05, 0) is 29.5 Å². The van der Waals surface area contributed by atoms with E-state index < -0.39 is 0 Å². The second-order valence-electron chi connectivity index (χ2n) is 5.52. The summed E-state index contributed by atoms with van der Waals surface area (Å²) in [6.45, 7) is 4.45. The number of rotatable bonds is 3. The Bertz CT molecular complexity index is 463. The summed E-state index contributed by atoms with van der Waals surface area (Å²) in [4.78, 5) is 14.5. The molecule has 0 aromatic heterocycles. The Kier molecular flexibility index (Phi) is 3.53. The van der Waals surface area contributed by atoms with Gasteiger partial charge in [-0.25, -0.2) is 0 Å². The maximum atomic E-state index is 12.5. The van der Waals surface area contributed by atoms with Crippen LogP contribution in [0.25, 0.3) is 0 Å². The van der Waals surface area contributed by atoms with Crippen molar-refractivity contribution in [2.24, 2.45) is 11.8 Å². The van der Waals surface area contributed by atoms with Crippen LogP contribution in [0.1, 0.15) is 15.9 Å². The Morgan fingerprint density at radius 3 is 2.79 bits per heavy atom. The van der Waals surface area contributed by atoms with Gasteiger partial charge in [0.1, 0.15) is 0 Å². The van der Waals surface area contributed by atoms with Gasteiger partial charge in [-0.2, -0.15) is 0 Å². The minimum atomic E-state index is 0.160. The van der Waals surface area contributed by atoms with Gasteiger partial charge in [-0.1, -0.05) is 12.1 Å². The van der Waals surface area contributed by atoms with Crippen molar-refractivity contribution in [1.82, 2.24) is 10.2 Å². The maximum Gasteiger partial charge on any atom is 0.253 e. The van der Waals surface area contributed by atoms with Gasteiger partial charge in [0.05, 0.1) is 6.61 Å². The monoisotopic (exact) mass is 260 g/mol. The van der Waals surface area contributed by atoms with Gasteiger partial charge in [0, 0.05) is 38.9 Å². The van der Waals surface area contributed by atoms with Gasteiger partial charge >= 0.3 is 0 Å². The van der Waals surface area contributed by atoms with E-state index in [0.29, 0.717) is 18.4 Å². The molecular weight excluding hydrogens is 240 g/mol. The lowest BCUT2D eigenvalue weighted by atomic mass is 10.0. The first-order valence-corrected chi connectivity index (χ1v) is 6.86. The van der Waals surface area contributed by atoms with E-state index in [2.05, 4.69) is 5.32 Å². The van der Waals surface area contributed by atoms with Gasteiger partial charge in [0.15, 0.2) is 0 Å². The standard InChI is InChI=1S/C15H20N2O2/c1-19-10-11-3-2-4-12(5-11)15(18)17-8-13-6-16-7-14(13)9-17/h2-5,13-14,16H,6-10H2,1H3/t13-,14+. The molecule has 1 N–H and O–H groups in total. The number of carbonyl (C=O) groups excluding carboxylic acids is 1. The summed E-state index contributed by atoms with van der Waals surface area (Å²) in [5.41, 5.74) is 1.83. The predicted octanol–water partition coefficient (Wildman–Crippen LogP) is 1.12. The number of hydrogen-bond acceptors (Lipinski definition) is 3. The van der Waals surface area contributed by atoms with Crippen LogP contribution in [-0.2, 0) is 11.3 Å². The van der Waals surface area contributed by atoms with Gasteiger partial charge in [-0.3, -0.25) is 4.79 Å². The van der Waals surface area contributed by atoms with Crippen molar-refractivity contribution >= 4 is 5.91 Å². The molecule has 0 saturated carbocycles. The first-order chi connectivity index (χ1) is 9.28. The van der Waals surface area contributed by atoms with Crippen molar-refractivity contribution in [2.45, 2.75) is 6.61 Å². The molecule has 3 rings (SSSR count). The molecule has 0 aliphatic carbocycles. The molecular formula is C15H20N2O2. The lowest BCUT2D eigenvalue weighted by molar-refractivity contribution is 0.0781. The van der Waals surface area contributed by atoms with Gasteiger partial charge in [-0.15, -0.1) is 0 Å². The topological polar surface area (TPSA) is 41.6 Å². The molecule has 1 amide bonds. The Morgan fingerprint density at radius 1 is 1.37 bits per heavy atom. The van der Waals surface area contributed by atoms with Crippen LogP contribution in [0.2, 0.25) is 0 Å². The molecule has 2 aliphatic rings. The number of nitrogens with one attached hydrogen (secondary N) is 1. The van der Waals surface area contributed by atoms with Crippen molar-refractivity contribution in [3.63, 3.8) is 0 Å². The van der Waals surface area contributed by atoms with Crippen LogP contribution in [0, 0.1) is 11.8 Å². The third-order valence-corrected chi connectivity index (χ3v) is 4.16. The van der Waals surface area contributed by atoms with Crippen molar-refractivity contribution < 1.29 is 9.53 Å². The molecule has 2 aliphatic heterocycles. The molecule has 1 aromatic rings. The lowest BCUT2D eigenvalue weighted by Crippen LogP contribution is -2.31. The van der Waals surface area contributed by atoms with E-state index >= 15 is 0 Å². The number of hydrogen-bond donors (Lipinski definition) is 1. The smallest absolute Gasteiger partial charge is 0.253 e. The Balaban J connectivity index is 1.72. The molecule has 0 spiro atoms.